The summed E-state index contributed by atoms with van der Waals surface area (Å²) in [5, 5.41) is 28.3. The number of aliphatic hydroxyl groups is 1. The minimum Gasteiger partial charge on any atom is -0.506 e. The highest BCUT2D eigenvalue weighted by Crippen LogP contribution is 2.62. The van der Waals surface area contributed by atoms with Gasteiger partial charge in [-0.2, -0.15) is 0 Å². The van der Waals surface area contributed by atoms with E-state index in [0.717, 1.165) is 53.9 Å². The minimum atomic E-state index is -0.880. The molecule has 4 bridgehead atoms. The van der Waals surface area contributed by atoms with E-state index in [1.165, 1.54) is 12.1 Å². The third-order valence-electron chi connectivity index (χ3n) is 13.1. The molecule has 2 amide bonds. The monoisotopic (exact) mass is 847 g/mol. The number of benzene rings is 5. The smallest absolute Gasteiger partial charge is 0.408 e. The molecule has 4 aliphatic rings. The molecule has 4 fully saturated rings. The van der Waals surface area contributed by atoms with E-state index in [4.69, 9.17) is 9.47 Å². The highest BCUT2D eigenvalue weighted by molar-refractivity contribution is 5.94. The summed E-state index contributed by atoms with van der Waals surface area (Å²) in [6.07, 6.45) is 0.454. The van der Waals surface area contributed by atoms with Crippen LogP contribution in [0.5, 0.6) is 11.5 Å². The van der Waals surface area contributed by atoms with Gasteiger partial charge in [-0.1, -0.05) is 84.9 Å². The van der Waals surface area contributed by atoms with Crippen LogP contribution in [0.2, 0.25) is 0 Å². The Balaban J connectivity index is 0.816. The van der Waals surface area contributed by atoms with Gasteiger partial charge in [0.05, 0.1) is 17.7 Å². The number of aromatic amines is 1. The third kappa shape index (κ3) is 9.06. The summed E-state index contributed by atoms with van der Waals surface area (Å²) in [5.74, 6) is 1.44. The van der Waals surface area contributed by atoms with Crippen molar-refractivity contribution >= 4 is 22.9 Å². The predicted octanol–water partition coefficient (Wildman–Crippen LogP) is 7.00. The number of aryl methyl sites for hydroxylation is 1. The Labute approximate surface area is 366 Å². The number of carbonyl (C=O) groups is 2. The standard InChI is InChI=1S/C51H53N5O7/c1-33-9-5-6-12-38(33)29-56(25-8-24-52-28-45(58)40-19-21-44(57)48-41(40)20-22-46(59)53-48)49(60)36-17-15-34(16-18-36)31-62-39-14-7-13-37(27-39)47(35-10-3-2-4-11-35)54-50(61)63-51-32-55-26-23-42(51)43(51)30-55/h2-7,9-22,27,42-43,45,47,52,57-58H,8,23-26,28-32H2,1H3,(H,53,59)(H,54,61)/t42?,43?,45-,47-,51+/m0/s1. The Morgan fingerprint density at radius 3 is 2.48 bits per heavy atom. The zero-order valence-electron chi connectivity index (χ0n) is 35.3. The summed E-state index contributed by atoms with van der Waals surface area (Å²) in [6, 6.07) is 38.9. The molecule has 12 heteroatoms. The van der Waals surface area contributed by atoms with Crippen LogP contribution in [0.1, 0.15) is 68.7 Å². The second-order valence-electron chi connectivity index (χ2n) is 17.1. The Kier molecular flexibility index (Phi) is 12.0. The number of hydrogen-bond donors (Lipinski definition) is 5. The molecule has 12 nitrogen and oxygen atoms in total. The van der Waals surface area contributed by atoms with Gasteiger partial charge in [0.25, 0.3) is 5.91 Å². The number of ether oxygens (including phenoxy) is 2. The molecular formula is C51H53N5O7. The normalized spacial score (nSPS) is 20.4. The molecule has 5 aromatic carbocycles. The predicted molar refractivity (Wildman–Crippen MR) is 240 cm³/mol. The van der Waals surface area contributed by atoms with Crippen LogP contribution in [-0.4, -0.2) is 81.9 Å². The van der Waals surface area contributed by atoms with Crippen LogP contribution in [0.4, 0.5) is 4.79 Å². The van der Waals surface area contributed by atoms with Crippen LogP contribution < -0.4 is 20.9 Å². The van der Waals surface area contributed by atoms with Crippen molar-refractivity contribution in [3.63, 3.8) is 0 Å². The number of alkyl carbamates (subject to hydrolysis) is 1. The molecule has 3 saturated heterocycles. The molecule has 6 atom stereocenters. The van der Waals surface area contributed by atoms with Crippen LogP contribution in [-0.2, 0) is 17.9 Å². The molecule has 0 radical (unpaired) electrons. The van der Waals surface area contributed by atoms with Crippen molar-refractivity contribution in [3.05, 3.63) is 177 Å². The molecular weight excluding hydrogens is 795 g/mol. The first-order chi connectivity index (χ1) is 30.6. The molecule has 10 rings (SSSR count). The van der Waals surface area contributed by atoms with Crippen molar-refractivity contribution in [3.8, 4) is 11.5 Å². The number of H-pyrrole nitrogens is 1. The lowest BCUT2D eigenvalue weighted by atomic mass is 9.98. The number of phenolic OH excluding ortho intramolecular Hbond substituents is 1. The molecule has 63 heavy (non-hydrogen) atoms. The van der Waals surface area contributed by atoms with Gasteiger partial charge in [-0.15, -0.1) is 0 Å². The molecule has 3 unspecified atom stereocenters. The molecule has 1 aromatic heterocycles. The number of hydrogen-bond acceptors (Lipinski definition) is 9. The SMILES string of the molecule is Cc1ccccc1CN(CCCNC[C@H](O)c1ccc(O)c2[nH]c(=O)ccc12)C(=O)c1ccc(COc2cccc([C@@H](NC(=O)O[C@]34CN5CCC3C4C5)c3ccccc3)c2)cc1. The number of aromatic hydroxyl groups is 1. The van der Waals surface area contributed by atoms with Gasteiger partial charge in [-0.3, -0.25) is 14.5 Å². The van der Waals surface area contributed by atoms with Gasteiger partial charge in [0, 0.05) is 61.6 Å². The quantitative estimate of drug-likeness (QED) is 0.0611. The Morgan fingerprint density at radius 2 is 1.71 bits per heavy atom. The summed E-state index contributed by atoms with van der Waals surface area (Å²) in [6.45, 7) is 7.00. The van der Waals surface area contributed by atoms with E-state index < -0.39 is 18.2 Å². The molecule has 0 spiro atoms. The fraction of sp³-hybridized carbons (Fsp3) is 0.314. The molecule has 324 valence electrons. The van der Waals surface area contributed by atoms with E-state index in [9.17, 15) is 24.6 Å². The Bertz CT molecular complexity index is 2650. The van der Waals surface area contributed by atoms with Crippen molar-refractivity contribution in [2.24, 2.45) is 11.8 Å². The Morgan fingerprint density at radius 1 is 0.921 bits per heavy atom. The van der Waals surface area contributed by atoms with E-state index >= 15 is 0 Å². The second-order valence-corrected chi connectivity index (χ2v) is 17.1. The van der Waals surface area contributed by atoms with Crippen LogP contribution in [0, 0.1) is 18.8 Å². The van der Waals surface area contributed by atoms with E-state index in [1.54, 1.807) is 12.1 Å². The number of aromatic nitrogens is 1. The molecule has 4 heterocycles. The van der Waals surface area contributed by atoms with Crippen molar-refractivity contribution in [1.82, 2.24) is 25.4 Å². The number of aliphatic hydroxyl groups excluding tert-OH is 1. The molecule has 3 aliphatic heterocycles. The molecule has 5 N–H and O–H groups in total. The first-order valence-corrected chi connectivity index (χ1v) is 21.8. The van der Waals surface area contributed by atoms with E-state index in [2.05, 4.69) is 20.5 Å². The number of rotatable bonds is 17. The summed E-state index contributed by atoms with van der Waals surface area (Å²) in [5.41, 5.74) is 5.67. The number of fused-ring (bicyclic) bond motifs is 2. The second kappa shape index (κ2) is 18.1. The molecule has 1 saturated carbocycles. The average Bonchev–Trinajstić information content (AvgIpc) is 3.79. The first kappa shape index (κ1) is 41.9. The van der Waals surface area contributed by atoms with Crippen LogP contribution in [0.3, 0.4) is 0 Å². The largest absolute Gasteiger partial charge is 0.506 e. The van der Waals surface area contributed by atoms with Gasteiger partial charge >= 0.3 is 6.09 Å². The lowest BCUT2D eigenvalue weighted by Gasteiger charge is -2.29. The van der Waals surface area contributed by atoms with Gasteiger partial charge < -0.3 is 40.2 Å². The number of nitrogens with one attached hydrogen (secondary N) is 3. The van der Waals surface area contributed by atoms with Gasteiger partial charge in [-0.25, -0.2) is 4.79 Å². The highest BCUT2D eigenvalue weighted by Gasteiger charge is 2.74. The van der Waals surface area contributed by atoms with E-state index in [1.807, 2.05) is 115 Å². The van der Waals surface area contributed by atoms with Crippen molar-refractivity contribution < 1.29 is 29.3 Å². The van der Waals surface area contributed by atoms with E-state index in [0.29, 0.717) is 60.2 Å². The average molecular weight is 848 g/mol. The Hall–Kier alpha value is -6.47. The fourth-order valence-electron chi connectivity index (χ4n) is 9.64. The maximum absolute atomic E-state index is 14.1. The highest BCUT2D eigenvalue weighted by atomic mass is 16.6. The topological polar surface area (TPSA) is 156 Å². The summed E-state index contributed by atoms with van der Waals surface area (Å²) in [4.78, 5) is 46.2. The van der Waals surface area contributed by atoms with Crippen molar-refractivity contribution in [2.45, 2.75) is 50.7 Å². The van der Waals surface area contributed by atoms with Gasteiger partial charge in [0.1, 0.15) is 23.7 Å². The fourth-order valence-corrected chi connectivity index (χ4v) is 9.64. The first-order valence-electron chi connectivity index (χ1n) is 21.8. The minimum absolute atomic E-state index is 0.0585. The summed E-state index contributed by atoms with van der Waals surface area (Å²) in [7, 11) is 0. The van der Waals surface area contributed by atoms with Crippen LogP contribution in [0.15, 0.2) is 132 Å². The zero-order chi connectivity index (χ0) is 43.5. The van der Waals surface area contributed by atoms with Crippen LogP contribution in [0.25, 0.3) is 10.9 Å². The van der Waals surface area contributed by atoms with E-state index in [-0.39, 0.29) is 41.5 Å². The summed E-state index contributed by atoms with van der Waals surface area (Å²) < 4.78 is 12.5. The lowest BCUT2D eigenvalue weighted by Crippen LogP contribution is -2.42. The van der Waals surface area contributed by atoms with Crippen LogP contribution >= 0.6 is 0 Å². The lowest BCUT2D eigenvalue weighted by molar-refractivity contribution is 0.0436. The number of pyridine rings is 1. The molecule has 6 aromatic rings. The number of piperidine rings is 3. The summed E-state index contributed by atoms with van der Waals surface area (Å²) >= 11 is 0. The van der Waals surface area contributed by atoms with Gasteiger partial charge in [-0.05, 0) is 103 Å². The maximum atomic E-state index is 14.1. The van der Waals surface area contributed by atoms with Gasteiger partial charge in [0.15, 0.2) is 0 Å². The number of phenols is 1. The van der Waals surface area contributed by atoms with Crippen molar-refractivity contribution in [2.75, 3.05) is 39.3 Å². The number of carbonyl (C=O) groups excluding carboxylic acids is 2. The molecule has 1 aliphatic carbocycles. The van der Waals surface area contributed by atoms with Crippen molar-refractivity contribution in [1.29, 1.82) is 0 Å². The van der Waals surface area contributed by atoms with Gasteiger partial charge in [0.2, 0.25) is 5.56 Å². The third-order valence-corrected chi connectivity index (χ3v) is 13.1. The zero-order valence-corrected chi connectivity index (χ0v) is 35.3. The number of amides is 2. The number of nitrogens with zero attached hydrogens (tertiary/aromatic N) is 2. The maximum Gasteiger partial charge on any atom is 0.408 e.